The van der Waals surface area contributed by atoms with E-state index in [9.17, 15) is 18.8 Å². The lowest BCUT2D eigenvalue weighted by molar-refractivity contribution is 0.611. The lowest BCUT2D eigenvalue weighted by Gasteiger charge is -2.22. The van der Waals surface area contributed by atoms with Gasteiger partial charge in [-0.25, -0.2) is 49.2 Å². The van der Waals surface area contributed by atoms with Crippen molar-refractivity contribution < 1.29 is 4.39 Å². The molecular formula is C67H61FN18O3. The van der Waals surface area contributed by atoms with E-state index in [4.69, 9.17) is 0 Å². The number of hydrogen-bond donors (Lipinski definition) is 6. The summed E-state index contributed by atoms with van der Waals surface area (Å²) in [7, 11) is 0. The molecule has 9 aromatic heterocycles. The van der Waals surface area contributed by atoms with Crippen molar-refractivity contribution in [3.8, 4) is 11.4 Å². The molecule has 3 atom stereocenters. The van der Waals surface area contributed by atoms with Crippen molar-refractivity contribution in [1.29, 1.82) is 0 Å². The largest absolute Gasteiger partial charge is 0.360 e. The minimum atomic E-state index is -0.469. The highest BCUT2D eigenvalue weighted by Crippen LogP contribution is 2.38. The van der Waals surface area contributed by atoms with Crippen LogP contribution in [0.15, 0.2) is 174 Å². The van der Waals surface area contributed by atoms with E-state index in [1.165, 1.54) is 29.6 Å². The summed E-state index contributed by atoms with van der Waals surface area (Å²) in [5.41, 5.74) is 11.1. The SMILES string of the molecule is Cc1cccc2cc(C(C)Nc3ncnc4nc[nH]c34)n(-c3ccccc3F)c(=O)c12.Cc1cccc2cc(C(C)Nc3ncnc4nc[nH]c34)n(C3CC3)c(=O)c12.Cc1ccccc1-n1c(C(C)Nc2ncnc3nc[nH]c23)cc2cccc(C)c2c1=O. The Balaban J connectivity index is 0.000000123. The van der Waals surface area contributed by atoms with Gasteiger partial charge >= 0.3 is 0 Å². The van der Waals surface area contributed by atoms with Crippen LogP contribution in [0, 0.1) is 33.5 Å². The number of rotatable bonds is 12. The maximum Gasteiger partial charge on any atom is 0.263 e. The number of hydrogen-bond acceptors (Lipinski definition) is 15. The Bertz CT molecular complexity index is 4990. The van der Waals surface area contributed by atoms with Crippen LogP contribution in [-0.2, 0) is 0 Å². The Morgan fingerprint density at radius 2 is 0.809 bits per heavy atom. The van der Waals surface area contributed by atoms with E-state index in [2.05, 4.69) is 94.8 Å². The molecule has 0 saturated heterocycles. The molecule has 0 radical (unpaired) electrons. The molecule has 1 aliphatic rings. The maximum atomic E-state index is 14.8. The average Bonchev–Trinajstić information content (AvgIpc) is 2.32. The van der Waals surface area contributed by atoms with Gasteiger partial charge < -0.3 is 35.5 Å². The van der Waals surface area contributed by atoms with Crippen LogP contribution in [0.4, 0.5) is 21.8 Å². The number of imidazole rings is 3. The quantitative estimate of drug-likeness (QED) is 0.0664. The molecule has 1 saturated carbocycles. The number of aryl methyl sites for hydroxylation is 4. The van der Waals surface area contributed by atoms with Gasteiger partial charge in [0.05, 0.1) is 64.6 Å². The van der Waals surface area contributed by atoms with Gasteiger partial charge in [0, 0.05) is 23.1 Å². The topological polar surface area (TPSA) is 265 Å². The van der Waals surface area contributed by atoms with Crippen LogP contribution < -0.4 is 32.6 Å². The summed E-state index contributed by atoms with van der Waals surface area (Å²) in [5.74, 6) is 1.41. The number of benzene rings is 5. The van der Waals surface area contributed by atoms with Gasteiger partial charge in [-0.3, -0.25) is 23.5 Å². The van der Waals surface area contributed by atoms with Crippen LogP contribution in [0.25, 0.3) is 77.2 Å². The first-order valence-electron chi connectivity index (χ1n) is 29.2. The standard InChI is InChI=1S/C24H22N6O.C23H19FN6O.C20H20N6O/c1-14-7-4-5-10-18(14)30-19(11-17-9-6-8-15(2)20(17)24(30)31)16(3)29-23-21-22(26-12-25-21)27-13-28-23;1-13-6-5-7-15-10-18(14(2)29-22-20-21(26-11-25-20)27-12-28-22)30(23(31)19(13)15)17-9-4-3-8-16(17)24;1-11-4-3-5-13-8-15(26(14-6-7-14)20(27)16(11)13)12(2)25-19-17-18(22-9-21-17)23-10-24-19/h4-13,16H,1-3H3,(H2,25,26,27,28,29);3-12,14H,1-2H3,(H2,25,26,27,28,29);3-5,8-10,12,14H,6-7H2,1-2H3,(H2,21,22,23,24,25). The number of pyridine rings is 3. The van der Waals surface area contributed by atoms with Crippen LogP contribution in [0.3, 0.4) is 0 Å². The molecule has 0 aliphatic heterocycles. The van der Waals surface area contributed by atoms with E-state index in [0.717, 1.165) is 90.1 Å². The normalized spacial score (nSPS) is 13.3. The third-order valence-electron chi connectivity index (χ3n) is 16.3. The van der Waals surface area contributed by atoms with Crippen molar-refractivity contribution in [2.75, 3.05) is 16.0 Å². The Labute approximate surface area is 507 Å². The number of nitrogens with one attached hydrogen (secondary N) is 6. The van der Waals surface area contributed by atoms with E-state index >= 15 is 0 Å². The van der Waals surface area contributed by atoms with Crippen LogP contribution in [0.5, 0.6) is 0 Å². The lowest BCUT2D eigenvalue weighted by atomic mass is 10.0. The molecule has 89 heavy (non-hydrogen) atoms. The molecule has 6 N–H and O–H groups in total. The monoisotopic (exact) mass is 1180 g/mol. The van der Waals surface area contributed by atoms with E-state index in [0.29, 0.717) is 57.0 Å². The van der Waals surface area contributed by atoms with Gasteiger partial charge in [-0.2, -0.15) is 0 Å². The second-order valence-electron chi connectivity index (χ2n) is 22.3. The number of para-hydroxylation sites is 2. The number of H-pyrrole nitrogens is 3. The van der Waals surface area contributed by atoms with Gasteiger partial charge in [0.1, 0.15) is 41.3 Å². The molecule has 22 heteroatoms. The predicted octanol–water partition coefficient (Wildman–Crippen LogP) is 12.2. The van der Waals surface area contributed by atoms with Crippen molar-refractivity contribution in [3.63, 3.8) is 0 Å². The lowest BCUT2D eigenvalue weighted by Crippen LogP contribution is -2.26. The first kappa shape index (κ1) is 56.8. The fourth-order valence-corrected chi connectivity index (χ4v) is 11.8. The second kappa shape index (κ2) is 23.5. The summed E-state index contributed by atoms with van der Waals surface area (Å²) in [5, 5.41) is 15.0. The number of fused-ring (bicyclic) bond motifs is 6. The highest BCUT2D eigenvalue weighted by atomic mass is 19.1. The molecule has 15 rings (SSSR count). The molecule has 5 aromatic carbocycles. The summed E-state index contributed by atoms with van der Waals surface area (Å²) < 4.78 is 20.0. The number of halogens is 1. The summed E-state index contributed by atoms with van der Waals surface area (Å²) in [4.78, 5) is 87.8. The summed E-state index contributed by atoms with van der Waals surface area (Å²) >= 11 is 0. The van der Waals surface area contributed by atoms with Crippen LogP contribution in [0.2, 0.25) is 0 Å². The zero-order chi connectivity index (χ0) is 61.6. The number of nitrogens with zero attached hydrogens (tertiary/aromatic N) is 12. The minimum absolute atomic E-state index is 0.0251. The van der Waals surface area contributed by atoms with Gasteiger partial charge in [-0.05, 0) is 136 Å². The van der Waals surface area contributed by atoms with Crippen molar-refractivity contribution >= 4 is 83.3 Å². The molecule has 0 spiro atoms. The minimum Gasteiger partial charge on any atom is -0.360 e. The van der Waals surface area contributed by atoms with Crippen LogP contribution in [0.1, 0.15) is 97.1 Å². The van der Waals surface area contributed by atoms with Gasteiger partial charge in [-0.15, -0.1) is 0 Å². The van der Waals surface area contributed by atoms with Gasteiger partial charge in [-0.1, -0.05) is 84.9 Å². The highest BCUT2D eigenvalue weighted by Gasteiger charge is 2.30. The smallest absolute Gasteiger partial charge is 0.263 e. The molecule has 14 aromatic rings. The van der Waals surface area contributed by atoms with E-state index in [-0.39, 0.29) is 40.5 Å². The van der Waals surface area contributed by atoms with Crippen LogP contribution in [-0.4, -0.2) is 73.5 Å². The molecule has 3 unspecified atom stereocenters. The molecule has 0 amide bonds. The number of aromatic amines is 3. The molecule has 444 valence electrons. The fourth-order valence-electron chi connectivity index (χ4n) is 11.8. The predicted molar refractivity (Wildman–Crippen MR) is 346 cm³/mol. The first-order valence-corrected chi connectivity index (χ1v) is 29.2. The Morgan fingerprint density at radius 3 is 1.24 bits per heavy atom. The summed E-state index contributed by atoms with van der Waals surface area (Å²) in [6.07, 6.45) is 11.2. The Kier molecular flexibility index (Phi) is 15.0. The number of aromatic nitrogens is 15. The summed E-state index contributed by atoms with van der Waals surface area (Å²) in [6, 6.07) is 37.6. The molecule has 1 fully saturated rings. The third-order valence-corrected chi connectivity index (χ3v) is 16.3. The number of anilines is 3. The van der Waals surface area contributed by atoms with Gasteiger partial charge in [0.25, 0.3) is 16.7 Å². The third kappa shape index (κ3) is 10.7. The van der Waals surface area contributed by atoms with Crippen molar-refractivity contribution in [3.05, 3.63) is 236 Å². The van der Waals surface area contributed by atoms with Crippen LogP contribution >= 0.6 is 0 Å². The van der Waals surface area contributed by atoms with Crippen molar-refractivity contribution in [1.82, 2.24) is 73.5 Å². The Hall–Kier alpha value is -11.3. The van der Waals surface area contributed by atoms with Gasteiger partial charge in [0.15, 0.2) is 34.4 Å². The van der Waals surface area contributed by atoms with E-state index < -0.39 is 5.82 Å². The molecule has 21 nitrogen and oxygen atoms in total. The van der Waals surface area contributed by atoms with Crippen molar-refractivity contribution in [2.24, 2.45) is 0 Å². The van der Waals surface area contributed by atoms with E-state index in [1.807, 2.05) is 136 Å². The molecule has 9 heterocycles. The molecule has 0 bridgehead atoms. The van der Waals surface area contributed by atoms with Gasteiger partial charge in [0.2, 0.25) is 0 Å². The zero-order valence-electron chi connectivity index (χ0n) is 49.7. The molecule has 1 aliphatic carbocycles. The summed E-state index contributed by atoms with van der Waals surface area (Å²) in [6.45, 7) is 13.9. The highest BCUT2D eigenvalue weighted by molar-refractivity contribution is 5.89. The average molecular weight is 1190 g/mol. The van der Waals surface area contributed by atoms with E-state index in [1.54, 1.807) is 37.2 Å². The molecular weight excluding hydrogens is 1120 g/mol. The second-order valence-corrected chi connectivity index (χ2v) is 22.3. The Morgan fingerprint density at radius 1 is 0.438 bits per heavy atom. The fraction of sp³-hybridized carbons (Fsp3) is 0.194. The maximum absolute atomic E-state index is 14.8. The first-order chi connectivity index (χ1) is 43.2. The van der Waals surface area contributed by atoms with Crippen molar-refractivity contribution in [2.45, 2.75) is 85.5 Å². The zero-order valence-corrected chi connectivity index (χ0v) is 49.7.